The SMILES string of the molecule is CCS(=O)(=O)c1ccc(Cl)cc1CNC(=O)c1cc(Cl)c(CN2CCC[C@H](CCCN)C2)c(C(F)(F)F)c1. The Morgan fingerprint density at radius 1 is 1.21 bits per heavy atom. The molecular formula is C26H32Cl2F3N3O3S. The van der Waals surface area contributed by atoms with E-state index >= 15 is 0 Å². The Morgan fingerprint density at radius 3 is 2.61 bits per heavy atom. The van der Waals surface area contributed by atoms with Crippen LogP contribution in [0.25, 0.3) is 0 Å². The molecule has 1 atom stereocenters. The van der Waals surface area contributed by atoms with E-state index in [1.165, 1.54) is 31.2 Å². The maximum Gasteiger partial charge on any atom is 0.416 e. The normalized spacial score (nSPS) is 17.0. The van der Waals surface area contributed by atoms with E-state index in [2.05, 4.69) is 5.32 Å². The number of hydrogen-bond acceptors (Lipinski definition) is 5. The topological polar surface area (TPSA) is 92.5 Å². The van der Waals surface area contributed by atoms with E-state index in [4.69, 9.17) is 28.9 Å². The van der Waals surface area contributed by atoms with E-state index < -0.39 is 27.5 Å². The number of amides is 1. The zero-order chi connectivity index (χ0) is 28.1. The van der Waals surface area contributed by atoms with E-state index in [0.29, 0.717) is 25.6 Å². The number of nitrogens with two attached hydrogens (primary N) is 1. The molecule has 0 radical (unpaired) electrons. The zero-order valence-electron chi connectivity index (χ0n) is 21.1. The third-order valence-corrected chi connectivity index (χ3v) is 9.14. The molecule has 1 aliphatic heterocycles. The summed E-state index contributed by atoms with van der Waals surface area (Å²) >= 11 is 12.4. The van der Waals surface area contributed by atoms with Gasteiger partial charge in [0.05, 0.1) is 16.2 Å². The van der Waals surface area contributed by atoms with Gasteiger partial charge in [-0.25, -0.2) is 8.42 Å². The summed E-state index contributed by atoms with van der Waals surface area (Å²) in [7, 11) is -3.61. The Kier molecular flexibility index (Phi) is 10.5. The number of halogens is 5. The average molecular weight is 595 g/mol. The highest BCUT2D eigenvalue weighted by Crippen LogP contribution is 2.37. The van der Waals surface area contributed by atoms with Gasteiger partial charge in [-0.05, 0) is 86.1 Å². The number of alkyl halides is 3. The summed E-state index contributed by atoms with van der Waals surface area (Å²) in [5.74, 6) is -0.603. The smallest absolute Gasteiger partial charge is 0.348 e. The minimum absolute atomic E-state index is 0.000333. The summed E-state index contributed by atoms with van der Waals surface area (Å²) in [5.41, 5.74) is 4.54. The number of benzene rings is 2. The van der Waals surface area contributed by atoms with Crippen LogP contribution in [-0.2, 0) is 29.1 Å². The zero-order valence-corrected chi connectivity index (χ0v) is 23.4. The van der Waals surface area contributed by atoms with Crippen LogP contribution in [0.15, 0.2) is 35.2 Å². The maximum atomic E-state index is 14.1. The summed E-state index contributed by atoms with van der Waals surface area (Å²) in [4.78, 5) is 14.8. The highest BCUT2D eigenvalue weighted by Gasteiger charge is 2.36. The van der Waals surface area contributed by atoms with Gasteiger partial charge in [-0.2, -0.15) is 13.2 Å². The van der Waals surface area contributed by atoms with Gasteiger partial charge < -0.3 is 11.1 Å². The van der Waals surface area contributed by atoms with Gasteiger partial charge in [0, 0.05) is 35.2 Å². The number of sulfone groups is 1. The monoisotopic (exact) mass is 593 g/mol. The first kappa shape index (κ1) is 30.7. The van der Waals surface area contributed by atoms with Crippen LogP contribution in [0.3, 0.4) is 0 Å². The number of carbonyl (C=O) groups is 1. The van der Waals surface area contributed by atoms with Crippen LogP contribution >= 0.6 is 23.2 Å². The Balaban J connectivity index is 1.83. The standard InChI is InChI=1S/C26H32Cl2F3N3O3S/c1-2-38(36,37)24-8-7-20(27)11-19(24)14-33-25(35)18-12-22(26(29,30)31)21(23(28)13-18)16-34-10-4-6-17(15-34)5-3-9-32/h7-8,11-13,17H,2-6,9-10,14-16,32H2,1H3,(H,33,35)/t17-/m0/s1. The molecule has 0 spiro atoms. The van der Waals surface area contributed by atoms with Gasteiger partial charge in [0.1, 0.15) is 0 Å². The quantitative estimate of drug-likeness (QED) is 0.369. The highest BCUT2D eigenvalue weighted by atomic mass is 35.5. The molecule has 6 nitrogen and oxygen atoms in total. The van der Waals surface area contributed by atoms with E-state index in [0.717, 1.165) is 31.7 Å². The Labute approximate surface area is 231 Å². The molecule has 0 aliphatic carbocycles. The molecule has 0 aromatic heterocycles. The molecule has 0 saturated carbocycles. The minimum Gasteiger partial charge on any atom is -0.348 e. The molecule has 1 heterocycles. The number of likely N-dealkylation sites (tertiary alicyclic amines) is 1. The fourth-order valence-electron chi connectivity index (χ4n) is 4.76. The summed E-state index contributed by atoms with van der Waals surface area (Å²) in [6.07, 6.45) is -1.02. The molecule has 2 aromatic carbocycles. The predicted molar refractivity (Wildman–Crippen MR) is 143 cm³/mol. The minimum atomic E-state index is -4.72. The Morgan fingerprint density at radius 2 is 1.95 bits per heavy atom. The predicted octanol–water partition coefficient (Wildman–Crippen LogP) is 5.69. The second-order valence-corrected chi connectivity index (χ2v) is 12.6. The van der Waals surface area contributed by atoms with Gasteiger partial charge in [0.2, 0.25) is 0 Å². The molecule has 3 N–H and O–H groups in total. The molecular weight excluding hydrogens is 562 g/mol. The molecule has 0 bridgehead atoms. The molecule has 0 unspecified atom stereocenters. The molecule has 1 amide bonds. The van der Waals surface area contributed by atoms with Crippen LogP contribution in [0.4, 0.5) is 13.2 Å². The van der Waals surface area contributed by atoms with Crippen LogP contribution in [0.2, 0.25) is 10.0 Å². The van der Waals surface area contributed by atoms with Crippen LogP contribution in [-0.4, -0.2) is 44.6 Å². The Hall–Kier alpha value is -1.85. The summed E-state index contributed by atoms with van der Waals surface area (Å²) in [6.45, 7) is 3.17. The lowest BCUT2D eigenvalue weighted by atomic mass is 9.92. The van der Waals surface area contributed by atoms with Crippen LogP contribution in [0.5, 0.6) is 0 Å². The van der Waals surface area contributed by atoms with E-state index in [1.54, 1.807) is 0 Å². The fourth-order valence-corrected chi connectivity index (χ4v) is 6.36. The summed E-state index contributed by atoms with van der Waals surface area (Å²) in [5, 5.41) is 2.62. The van der Waals surface area contributed by atoms with E-state index in [1.807, 2.05) is 4.90 Å². The molecule has 2 aromatic rings. The second kappa shape index (κ2) is 13.0. The first-order chi connectivity index (χ1) is 17.9. The Bertz CT molecular complexity index is 1260. The first-order valence-electron chi connectivity index (χ1n) is 12.5. The molecule has 12 heteroatoms. The maximum absolute atomic E-state index is 14.1. The third kappa shape index (κ3) is 7.85. The van der Waals surface area contributed by atoms with Gasteiger partial charge in [-0.15, -0.1) is 0 Å². The van der Waals surface area contributed by atoms with Crippen molar-refractivity contribution in [2.45, 2.75) is 56.8 Å². The van der Waals surface area contributed by atoms with Crippen LogP contribution < -0.4 is 11.1 Å². The number of rotatable bonds is 10. The van der Waals surface area contributed by atoms with Crippen molar-refractivity contribution in [3.8, 4) is 0 Å². The van der Waals surface area contributed by atoms with Gasteiger partial charge in [-0.3, -0.25) is 9.69 Å². The van der Waals surface area contributed by atoms with Crippen molar-refractivity contribution in [2.24, 2.45) is 11.7 Å². The van der Waals surface area contributed by atoms with Gasteiger partial charge in [0.25, 0.3) is 5.91 Å². The average Bonchev–Trinajstić information content (AvgIpc) is 2.86. The number of nitrogens with zero attached hydrogens (tertiary/aromatic N) is 1. The molecule has 38 heavy (non-hydrogen) atoms. The number of hydrogen-bond donors (Lipinski definition) is 2. The molecule has 3 rings (SSSR count). The van der Waals surface area contributed by atoms with Crippen molar-refractivity contribution in [1.82, 2.24) is 10.2 Å². The largest absolute Gasteiger partial charge is 0.416 e. The lowest BCUT2D eigenvalue weighted by molar-refractivity contribution is -0.138. The molecule has 1 fully saturated rings. The van der Waals surface area contributed by atoms with Gasteiger partial charge in [0.15, 0.2) is 9.84 Å². The lowest BCUT2D eigenvalue weighted by Gasteiger charge is -2.33. The lowest BCUT2D eigenvalue weighted by Crippen LogP contribution is -2.36. The summed E-state index contributed by atoms with van der Waals surface area (Å²) in [6, 6.07) is 6.19. The third-order valence-electron chi connectivity index (χ3n) is 6.74. The second-order valence-electron chi connectivity index (χ2n) is 9.49. The number of piperidine rings is 1. The highest BCUT2D eigenvalue weighted by molar-refractivity contribution is 7.91. The van der Waals surface area contributed by atoms with Crippen molar-refractivity contribution in [3.05, 3.63) is 62.6 Å². The van der Waals surface area contributed by atoms with Crippen molar-refractivity contribution in [1.29, 1.82) is 0 Å². The number of nitrogens with one attached hydrogen (secondary N) is 1. The fraction of sp³-hybridized carbons (Fsp3) is 0.500. The molecule has 210 valence electrons. The van der Waals surface area contributed by atoms with Crippen molar-refractivity contribution >= 4 is 38.9 Å². The number of carbonyl (C=O) groups excluding carboxylic acids is 1. The van der Waals surface area contributed by atoms with Gasteiger partial charge in [-0.1, -0.05) is 30.1 Å². The van der Waals surface area contributed by atoms with Crippen molar-refractivity contribution < 1.29 is 26.4 Å². The summed E-state index contributed by atoms with van der Waals surface area (Å²) < 4.78 is 67.1. The van der Waals surface area contributed by atoms with Crippen LogP contribution in [0, 0.1) is 5.92 Å². The molecule has 1 saturated heterocycles. The molecule has 1 aliphatic rings. The first-order valence-corrected chi connectivity index (χ1v) is 14.9. The van der Waals surface area contributed by atoms with Crippen molar-refractivity contribution in [2.75, 3.05) is 25.4 Å². The van der Waals surface area contributed by atoms with E-state index in [-0.39, 0.29) is 50.5 Å². The van der Waals surface area contributed by atoms with Crippen molar-refractivity contribution in [3.63, 3.8) is 0 Å². The van der Waals surface area contributed by atoms with E-state index in [9.17, 15) is 26.4 Å². The van der Waals surface area contributed by atoms with Crippen LogP contribution in [0.1, 0.15) is 59.7 Å². The van der Waals surface area contributed by atoms with Gasteiger partial charge >= 0.3 is 6.18 Å².